The molecule has 76 heavy (non-hydrogen) atoms. The summed E-state index contributed by atoms with van der Waals surface area (Å²) in [6, 6.07) is -0.642. The molecule has 0 bridgehead atoms. The Morgan fingerprint density at radius 3 is 0.934 bits per heavy atom. The SMILES string of the molecule is CCCCCCCC/C=C\CCCCCCCCCCCC(=O)OCCCCCCCCC/C=C\CCCCCCCC(=O)NC(CO)C(O)/C=C/CCCCCCCCCCCCCCCCCCCCCCCC. The topological polar surface area (TPSA) is 95.9 Å². The molecule has 3 N–H and O–H groups in total. The van der Waals surface area contributed by atoms with E-state index in [0.29, 0.717) is 19.4 Å². The summed E-state index contributed by atoms with van der Waals surface area (Å²) in [4.78, 5) is 24.6. The Labute approximate surface area is 474 Å². The third-order valence-corrected chi connectivity index (χ3v) is 15.9. The average molecular weight is 1070 g/mol. The van der Waals surface area contributed by atoms with Crippen LogP contribution in [0.2, 0.25) is 0 Å². The number of esters is 1. The van der Waals surface area contributed by atoms with Crippen molar-refractivity contribution < 1.29 is 24.5 Å². The van der Waals surface area contributed by atoms with E-state index in [1.54, 1.807) is 6.08 Å². The number of aliphatic hydroxyl groups excluding tert-OH is 2. The van der Waals surface area contributed by atoms with Crippen molar-refractivity contribution in [2.45, 2.75) is 386 Å². The highest BCUT2D eigenvalue weighted by Gasteiger charge is 2.18. The Hall–Kier alpha value is -1.92. The third kappa shape index (κ3) is 61.3. The predicted molar refractivity (Wildman–Crippen MR) is 333 cm³/mol. The van der Waals surface area contributed by atoms with Gasteiger partial charge in [0.05, 0.1) is 25.4 Å². The maximum absolute atomic E-state index is 12.5. The molecule has 1 amide bonds. The molecule has 0 aliphatic heterocycles. The van der Waals surface area contributed by atoms with Crippen LogP contribution in [0.25, 0.3) is 0 Å². The van der Waals surface area contributed by atoms with E-state index in [4.69, 9.17) is 4.74 Å². The quantitative estimate of drug-likeness (QED) is 0.0320. The molecule has 0 aromatic heterocycles. The summed E-state index contributed by atoms with van der Waals surface area (Å²) in [5.41, 5.74) is 0. The van der Waals surface area contributed by atoms with E-state index in [1.165, 1.54) is 283 Å². The standard InChI is InChI=1S/C70H133NO5/c1-3-5-7-9-11-13-15-17-19-21-23-24-25-26-27-29-30-34-38-42-46-50-54-58-62-68(73)67(66-72)71-69(74)63-59-55-51-47-43-39-35-32-33-37-41-45-49-53-57-61-65-76-70(75)64-60-56-52-48-44-40-36-31-28-22-20-18-16-14-12-10-8-6-4-2/h18,20,32,35,58,62,67-68,72-73H,3-17,19,21-31,33-34,36-57,59-61,63-66H2,1-2H3,(H,71,74)/b20-18-,35-32-,62-58+. The minimum atomic E-state index is -0.857. The lowest BCUT2D eigenvalue weighted by molar-refractivity contribution is -0.143. The van der Waals surface area contributed by atoms with E-state index in [2.05, 4.69) is 43.5 Å². The number of aliphatic hydroxyl groups is 2. The number of rotatable bonds is 64. The fourth-order valence-corrected chi connectivity index (χ4v) is 10.6. The number of hydrogen-bond acceptors (Lipinski definition) is 5. The van der Waals surface area contributed by atoms with Gasteiger partial charge < -0.3 is 20.3 Å². The molecule has 0 aliphatic carbocycles. The van der Waals surface area contributed by atoms with Crippen molar-refractivity contribution in [2.24, 2.45) is 0 Å². The van der Waals surface area contributed by atoms with Crippen molar-refractivity contribution in [3.8, 4) is 0 Å². The van der Waals surface area contributed by atoms with Gasteiger partial charge in [-0.3, -0.25) is 9.59 Å². The third-order valence-electron chi connectivity index (χ3n) is 15.9. The molecule has 0 heterocycles. The van der Waals surface area contributed by atoms with Crippen LogP contribution in [0.4, 0.5) is 0 Å². The number of carbonyl (C=O) groups is 2. The number of carbonyl (C=O) groups excluding carboxylic acids is 2. The fourth-order valence-electron chi connectivity index (χ4n) is 10.6. The molecule has 0 saturated carbocycles. The Balaban J connectivity index is 3.47. The molecule has 6 nitrogen and oxygen atoms in total. The van der Waals surface area contributed by atoms with Crippen LogP contribution in [0.15, 0.2) is 36.5 Å². The molecule has 0 aromatic carbocycles. The number of ether oxygens (including phenoxy) is 1. The molecule has 2 atom stereocenters. The summed E-state index contributed by atoms with van der Waals surface area (Å²) in [7, 11) is 0. The van der Waals surface area contributed by atoms with Crippen LogP contribution in [0, 0.1) is 0 Å². The van der Waals surface area contributed by atoms with Gasteiger partial charge in [-0.1, -0.05) is 314 Å². The van der Waals surface area contributed by atoms with Gasteiger partial charge in [-0.05, 0) is 83.5 Å². The van der Waals surface area contributed by atoms with E-state index < -0.39 is 12.1 Å². The van der Waals surface area contributed by atoms with E-state index >= 15 is 0 Å². The number of hydrogen-bond donors (Lipinski definition) is 3. The summed E-state index contributed by atoms with van der Waals surface area (Å²) in [6.45, 7) is 4.91. The van der Waals surface area contributed by atoms with E-state index in [1.807, 2.05) is 6.08 Å². The first-order chi connectivity index (χ1) is 37.5. The lowest BCUT2D eigenvalue weighted by Crippen LogP contribution is -2.45. The van der Waals surface area contributed by atoms with Gasteiger partial charge in [-0.2, -0.15) is 0 Å². The molecule has 0 fully saturated rings. The van der Waals surface area contributed by atoms with Gasteiger partial charge >= 0.3 is 5.97 Å². The van der Waals surface area contributed by atoms with Gasteiger partial charge in [0.25, 0.3) is 0 Å². The Bertz CT molecular complexity index is 1230. The van der Waals surface area contributed by atoms with Gasteiger partial charge in [0, 0.05) is 12.8 Å². The molecule has 448 valence electrons. The highest BCUT2D eigenvalue weighted by atomic mass is 16.5. The van der Waals surface area contributed by atoms with Crippen molar-refractivity contribution >= 4 is 11.9 Å². The monoisotopic (exact) mass is 1070 g/mol. The summed E-state index contributed by atoms with van der Waals surface area (Å²) < 4.78 is 5.49. The predicted octanol–water partition coefficient (Wildman–Crippen LogP) is 21.9. The molecule has 0 aromatic rings. The van der Waals surface area contributed by atoms with Gasteiger partial charge in [-0.25, -0.2) is 0 Å². The molecular formula is C70H133NO5. The molecule has 0 radical (unpaired) electrons. The molecule has 0 spiro atoms. The minimum absolute atomic E-state index is 0.00354. The summed E-state index contributed by atoms with van der Waals surface area (Å²) in [6.07, 6.45) is 83.5. The average Bonchev–Trinajstić information content (AvgIpc) is 3.42. The summed E-state index contributed by atoms with van der Waals surface area (Å²) in [5, 5.41) is 23.2. The highest BCUT2D eigenvalue weighted by molar-refractivity contribution is 5.76. The zero-order valence-corrected chi connectivity index (χ0v) is 51.3. The van der Waals surface area contributed by atoms with Crippen LogP contribution in [0.3, 0.4) is 0 Å². The molecule has 0 aliphatic rings. The van der Waals surface area contributed by atoms with Crippen molar-refractivity contribution in [3.05, 3.63) is 36.5 Å². The second kappa shape index (κ2) is 65.6. The maximum atomic E-state index is 12.5. The second-order valence-electron chi connectivity index (χ2n) is 23.5. The van der Waals surface area contributed by atoms with Crippen molar-refractivity contribution in [1.82, 2.24) is 5.32 Å². The molecule has 6 heteroatoms. The first kappa shape index (κ1) is 74.1. The van der Waals surface area contributed by atoms with Gasteiger partial charge in [0.2, 0.25) is 5.91 Å². The molecule has 0 saturated heterocycles. The largest absolute Gasteiger partial charge is 0.466 e. The summed E-state index contributed by atoms with van der Waals surface area (Å²) >= 11 is 0. The van der Waals surface area contributed by atoms with Gasteiger partial charge in [0.1, 0.15) is 0 Å². The molecule has 0 rings (SSSR count). The van der Waals surface area contributed by atoms with E-state index in [-0.39, 0.29) is 18.5 Å². The first-order valence-electron chi connectivity index (χ1n) is 34.3. The Morgan fingerprint density at radius 2 is 0.618 bits per heavy atom. The lowest BCUT2D eigenvalue weighted by Gasteiger charge is -2.20. The normalized spacial score (nSPS) is 12.7. The fraction of sp³-hybridized carbons (Fsp3) is 0.886. The number of unbranched alkanes of at least 4 members (excludes halogenated alkanes) is 49. The zero-order valence-electron chi connectivity index (χ0n) is 51.3. The van der Waals surface area contributed by atoms with Crippen molar-refractivity contribution in [3.63, 3.8) is 0 Å². The summed E-state index contributed by atoms with van der Waals surface area (Å²) in [5.74, 6) is -0.0851. The highest BCUT2D eigenvalue weighted by Crippen LogP contribution is 2.18. The molecular weight excluding hydrogens is 935 g/mol. The Kier molecular flexibility index (Phi) is 63.9. The van der Waals surface area contributed by atoms with Crippen LogP contribution in [-0.2, 0) is 14.3 Å². The van der Waals surface area contributed by atoms with Crippen LogP contribution in [0.1, 0.15) is 373 Å². The van der Waals surface area contributed by atoms with E-state index in [0.717, 1.165) is 64.2 Å². The number of nitrogens with one attached hydrogen (secondary N) is 1. The van der Waals surface area contributed by atoms with Crippen LogP contribution >= 0.6 is 0 Å². The van der Waals surface area contributed by atoms with Crippen LogP contribution in [0.5, 0.6) is 0 Å². The van der Waals surface area contributed by atoms with Gasteiger partial charge in [-0.15, -0.1) is 0 Å². The number of allylic oxidation sites excluding steroid dienone is 5. The smallest absolute Gasteiger partial charge is 0.305 e. The van der Waals surface area contributed by atoms with Crippen molar-refractivity contribution in [1.29, 1.82) is 0 Å². The molecule has 2 unspecified atom stereocenters. The van der Waals surface area contributed by atoms with E-state index in [9.17, 15) is 19.8 Å². The number of amides is 1. The first-order valence-corrected chi connectivity index (χ1v) is 34.3. The minimum Gasteiger partial charge on any atom is -0.466 e. The Morgan fingerprint density at radius 1 is 0.355 bits per heavy atom. The zero-order chi connectivity index (χ0) is 55.0. The van der Waals surface area contributed by atoms with Crippen LogP contribution < -0.4 is 5.32 Å². The second-order valence-corrected chi connectivity index (χ2v) is 23.5. The van der Waals surface area contributed by atoms with Crippen LogP contribution in [-0.4, -0.2) is 47.4 Å². The van der Waals surface area contributed by atoms with Crippen molar-refractivity contribution in [2.75, 3.05) is 13.2 Å². The van der Waals surface area contributed by atoms with Gasteiger partial charge in [0.15, 0.2) is 0 Å². The lowest BCUT2D eigenvalue weighted by atomic mass is 10.0. The maximum Gasteiger partial charge on any atom is 0.305 e.